The summed E-state index contributed by atoms with van der Waals surface area (Å²) in [6.45, 7) is 6.90. The quantitative estimate of drug-likeness (QED) is 0.663. The molecule has 124 valence electrons. The third-order valence-electron chi connectivity index (χ3n) is 8.64. The lowest BCUT2D eigenvalue weighted by atomic mass is 9.47. The Labute approximate surface area is 135 Å². The Hall–Kier alpha value is -0.340. The number of fused-ring (bicyclic) bond motifs is 5. The second-order valence-electron chi connectivity index (χ2n) is 9.42. The SMILES string of the molecule is C[C@]12CC[C@H](O)CC1=CC[C@H]1[C@H]2CC[C@@]2(C)[C@@H]1CC[C@]2(C)O. The Morgan fingerprint density at radius 1 is 1.00 bits per heavy atom. The Morgan fingerprint density at radius 3 is 2.50 bits per heavy atom. The molecule has 0 saturated heterocycles. The minimum atomic E-state index is -0.476. The second-order valence-corrected chi connectivity index (χ2v) is 9.42. The highest BCUT2D eigenvalue weighted by Crippen LogP contribution is 2.66. The van der Waals surface area contributed by atoms with Crippen LogP contribution in [0.3, 0.4) is 0 Å². The van der Waals surface area contributed by atoms with Crippen LogP contribution in [0.4, 0.5) is 0 Å². The van der Waals surface area contributed by atoms with Crippen LogP contribution in [0.15, 0.2) is 11.6 Å². The summed E-state index contributed by atoms with van der Waals surface area (Å²) < 4.78 is 0. The topological polar surface area (TPSA) is 40.5 Å². The van der Waals surface area contributed by atoms with Crippen LogP contribution in [0, 0.1) is 28.6 Å². The van der Waals surface area contributed by atoms with E-state index in [1.54, 1.807) is 5.57 Å². The van der Waals surface area contributed by atoms with Crippen molar-refractivity contribution in [3.05, 3.63) is 11.6 Å². The van der Waals surface area contributed by atoms with E-state index in [0.717, 1.165) is 37.5 Å². The van der Waals surface area contributed by atoms with E-state index in [-0.39, 0.29) is 11.5 Å². The van der Waals surface area contributed by atoms with Crippen LogP contribution in [0.5, 0.6) is 0 Å². The molecule has 7 atom stereocenters. The Balaban J connectivity index is 1.69. The van der Waals surface area contributed by atoms with Gasteiger partial charge in [-0.2, -0.15) is 0 Å². The van der Waals surface area contributed by atoms with Crippen LogP contribution in [-0.4, -0.2) is 21.9 Å². The highest BCUT2D eigenvalue weighted by Gasteiger charge is 2.61. The molecule has 0 aromatic rings. The van der Waals surface area contributed by atoms with Gasteiger partial charge in [-0.25, -0.2) is 0 Å². The van der Waals surface area contributed by atoms with Gasteiger partial charge in [-0.1, -0.05) is 25.5 Å². The molecule has 2 N–H and O–H groups in total. The van der Waals surface area contributed by atoms with E-state index in [4.69, 9.17) is 0 Å². The molecule has 0 aromatic carbocycles. The van der Waals surface area contributed by atoms with Crippen LogP contribution in [0.25, 0.3) is 0 Å². The number of aliphatic hydroxyl groups is 2. The summed E-state index contributed by atoms with van der Waals surface area (Å²) in [6, 6.07) is 0. The lowest BCUT2D eigenvalue weighted by molar-refractivity contribution is -0.115. The van der Waals surface area contributed by atoms with Gasteiger partial charge in [0.15, 0.2) is 0 Å². The molecule has 4 rings (SSSR count). The van der Waals surface area contributed by atoms with E-state index in [2.05, 4.69) is 26.8 Å². The Kier molecular flexibility index (Phi) is 3.18. The average molecular weight is 304 g/mol. The Morgan fingerprint density at radius 2 is 1.73 bits per heavy atom. The predicted octanol–water partition coefficient (Wildman–Crippen LogP) is 4.06. The van der Waals surface area contributed by atoms with Gasteiger partial charge in [0, 0.05) is 0 Å². The molecular weight excluding hydrogens is 272 g/mol. The molecule has 0 aliphatic heterocycles. The summed E-state index contributed by atoms with van der Waals surface area (Å²) in [5.74, 6) is 2.20. The number of hydrogen-bond donors (Lipinski definition) is 2. The van der Waals surface area contributed by atoms with Crippen LogP contribution in [0.1, 0.15) is 72.1 Å². The number of hydrogen-bond acceptors (Lipinski definition) is 2. The summed E-state index contributed by atoms with van der Waals surface area (Å²) in [6.07, 6.45) is 11.2. The zero-order valence-corrected chi connectivity index (χ0v) is 14.4. The molecule has 4 aliphatic carbocycles. The summed E-state index contributed by atoms with van der Waals surface area (Å²) >= 11 is 0. The maximum atomic E-state index is 10.9. The van der Waals surface area contributed by atoms with Crippen molar-refractivity contribution in [2.45, 2.75) is 83.8 Å². The van der Waals surface area contributed by atoms with Crippen molar-refractivity contribution in [2.24, 2.45) is 28.6 Å². The van der Waals surface area contributed by atoms with Crippen LogP contribution >= 0.6 is 0 Å². The van der Waals surface area contributed by atoms with Crippen molar-refractivity contribution in [1.82, 2.24) is 0 Å². The zero-order chi connectivity index (χ0) is 15.8. The summed E-state index contributed by atoms with van der Waals surface area (Å²) in [4.78, 5) is 0. The van der Waals surface area contributed by atoms with Crippen molar-refractivity contribution in [2.75, 3.05) is 0 Å². The minimum Gasteiger partial charge on any atom is -0.393 e. The maximum Gasteiger partial charge on any atom is 0.0675 e. The van der Waals surface area contributed by atoms with Gasteiger partial charge in [-0.05, 0) is 86.9 Å². The van der Waals surface area contributed by atoms with E-state index in [1.807, 2.05) is 0 Å². The second kappa shape index (κ2) is 4.60. The van der Waals surface area contributed by atoms with Gasteiger partial charge in [0.2, 0.25) is 0 Å². The van der Waals surface area contributed by atoms with Gasteiger partial charge in [0.25, 0.3) is 0 Å². The summed E-state index contributed by atoms with van der Waals surface area (Å²) in [5, 5.41) is 21.0. The fourth-order valence-electron chi connectivity index (χ4n) is 6.89. The smallest absolute Gasteiger partial charge is 0.0675 e. The summed E-state index contributed by atoms with van der Waals surface area (Å²) in [7, 11) is 0. The molecule has 0 radical (unpaired) electrons. The molecule has 2 nitrogen and oxygen atoms in total. The van der Waals surface area contributed by atoms with Crippen molar-refractivity contribution < 1.29 is 10.2 Å². The maximum absolute atomic E-state index is 10.9. The van der Waals surface area contributed by atoms with Crippen LogP contribution < -0.4 is 0 Å². The molecule has 0 unspecified atom stereocenters. The van der Waals surface area contributed by atoms with Crippen molar-refractivity contribution >= 4 is 0 Å². The average Bonchev–Trinajstić information content (AvgIpc) is 2.70. The minimum absolute atomic E-state index is 0.114. The van der Waals surface area contributed by atoms with E-state index >= 15 is 0 Å². The first-order valence-corrected chi connectivity index (χ1v) is 9.38. The van der Waals surface area contributed by atoms with Gasteiger partial charge < -0.3 is 10.2 Å². The predicted molar refractivity (Wildman–Crippen MR) is 88.3 cm³/mol. The molecule has 3 fully saturated rings. The van der Waals surface area contributed by atoms with Crippen LogP contribution in [0.2, 0.25) is 0 Å². The lowest BCUT2D eigenvalue weighted by Crippen LogP contribution is -2.53. The summed E-state index contributed by atoms with van der Waals surface area (Å²) in [5.41, 5.74) is 1.50. The third-order valence-corrected chi connectivity index (χ3v) is 8.64. The van der Waals surface area contributed by atoms with Crippen molar-refractivity contribution in [3.63, 3.8) is 0 Å². The Bertz CT molecular complexity index is 508. The molecule has 0 bridgehead atoms. The molecule has 4 aliphatic rings. The van der Waals surface area contributed by atoms with E-state index in [0.29, 0.717) is 11.3 Å². The van der Waals surface area contributed by atoms with Crippen molar-refractivity contribution in [1.29, 1.82) is 0 Å². The largest absolute Gasteiger partial charge is 0.393 e. The third kappa shape index (κ3) is 1.80. The molecule has 0 spiro atoms. The normalized spacial score (nSPS) is 57.6. The number of aliphatic hydroxyl groups excluding tert-OH is 1. The molecule has 0 aromatic heterocycles. The van der Waals surface area contributed by atoms with Crippen molar-refractivity contribution in [3.8, 4) is 0 Å². The fraction of sp³-hybridized carbons (Fsp3) is 0.900. The van der Waals surface area contributed by atoms with E-state index < -0.39 is 5.60 Å². The molecule has 2 heteroatoms. The highest BCUT2D eigenvalue weighted by molar-refractivity contribution is 5.26. The zero-order valence-electron chi connectivity index (χ0n) is 14.4. The lowest BCUT2D eigenvalue weighted by Gasteiger charge is -2.58. The number of rotatable bonds is 0. The molecule has 22 heavy (non-hydrogen) atoms. The van der Waals surface area contributed by atoms with Gasteiger partial charge in [-0.3, -0.25) is 0 Å². The fourth-order valence-corrected chi connectivity index (χ4v) is 6.89. The molecular formula is C20H32O2. The van der Waals surface area contributed by atoms with Gasteiger partial charge >= 0.3 is 0 Å². The molecule has 0 amide bonds. The number of allylic oxidation sites excluding steroid dienone is 1. The first-order chi connectivity index (χ1) is 10.3. The molecule has 3 saturated carbocycles. The van der Waals surface area contributed by atoms with Crippen LogP contribution in [-0.2, 0) is 0 Å². The first kappa shape index (κ1) is 15.2. The van der Waals surface area contributed by atoms with E-state index in [9.17, 15) is 10.2 Å². The van der Waals surface area contributed by atoms with Gasteiger partial charge in [-0.15, -0.1) is 0 Å². The van der Waals surface area contributed by atoms with Gasteiger partial charge in [0.05, 0.1) is 11.7 Å². The van der Waals surface area contributed by atoms with Gasteiger partial charge in [0.1, 0.15) is 0 Å². The standard InChI is InChI=1S/C20H32O2/c1-18-9-6-14(21)12-13(18)4-5-15-16(18)7-10-19(2)17(15)8-11-20(19,3)22/h4,14-17,21-22H,5-12H2,1-3H3/t14-,15-,16+,17+,18-,19-,20-/m0/s1. The monoisotopic (exact) mass is 304 g/mol. The molecule has 0 heterocycles. The first-order valence-electron chi connectivity index (χ1n) is 9.38. The van der Waals surface area contributed by atoms with E-state index in [1.165, 1.54) is 25.7 Å². The highest BCUT2D eigenvalue weighted by atomic mass is 16.3.